The number of aromatic nitrogens is 1. The molecular weight excluding hydrogens is 500 g/mol. The van der Waals surface area contributed by atoms with Gasteiger partial charge < -0.3 is 20.0 Å². The number of hydrogen-bond donors (Lipinski definition) is 2. The first kappa shape index (κ1) is 24.0. The van der Waals surface area contributed by atoms with Gasteiger partial charge in [-0.05, 0) is 79.1 Å². The lowest BCUT2D eigenvalue weighted by atomic mass is 10.1. The van der Waals surface area contributed by atoms with Crippen molar-refractivity contribution in [2.45, 2.75) is 19.4 Å². The summed E-state index contributed by atoms with van der Waals surface area (Å²) in [6.07, 6.45) is 5.86. The summed E-state index contributed by atoms with van der Waals surface area (Å²) in [4.78, 5) is 32.2. The predicted octanol–water partition coefficient (Wildman–Crippen LogP) is 6.02. The van der Waals surface area contributed by atoms with Crippen LogP contribution in [0.4, 0.5) is 11.5 Å². The smallest absolute Gasteiger partial charge is 0.256 e. The number of fused-ring (bicyclic) bond motifs is 1. The lowest BCUT2D eigenvalue weighted by Gasteiger charge is -2.17. The van der Waals surface area contributed by atoms with E-state index in [4.69, 9.17) is 16.0 Å². The average molecular weight is 525 g/mol. The first-order chi connectivity index (χ1) is 18.5. The number of rotatable bonds is 6. The minimum atomic E-state index is -0.208. The molecule has 0 saturated carbocycles. The van der Waals surface area contributed by atoms with Gasteiger partial charge in [-0.1, -0.05) is 23.7 Å². The van der Waals surface area contributed by atoms with Gasteiger partial charge in [0.1, 0.15) is 17.3 Å². The molecule has 0 aliphatic carbocycles. The molecule has 190 valence electrons. The van der Waals surface area contributed by atoms with Crippen LogP contribution in [0, 0.1) is 0 Å². The Morgan fingerprint density at radius 1 is 1.08 bits per heavy atom. The third kappa shape index (κ3) is 4.93. The predicted molar refractivity (Wildman–Crippen MR) is 149 cm³/mol. The van der Waals surface area contributed by atoms with E-state index in [2.05, 4.69) is 20.5 Å². The number of carbonyl (C=O) groups excluding carboxylic acids is 2. The fourth-order valence-electron chi connectivity index (χ4n) is 4.82. The van der Waals surface area contributed by atoms with E-state index in [0.29, 0.717) is 34.2 Å². The summed E-state index contributed by atoms with van der Waals surface area (Å²) >= 11 is 6.13. The molecule has 1 fully saturated rings. The summed E-state index contributed by atoms with van der Waals surface area (Å²) in [5, 5.41) is 6.39. The Morgan fingerprint density at radius 2 is 1.95 bits per heavy atom. The molecule has 2 aliphatic heterocycles. The number of furan rings is 1. The number of anilines is 2. The summed E-state index contributed by atoms with van der Waals surface area (Å²) < 4.78 is 6.02. The summed E-state index contributed by atoms with van der Waals surface area (Å²) in [5.41, 5.74) is 4.25. The van der Waals surface area contributed by atoms with Crippen LogP contribution in [0.1, 0.15) is 40.1 Å². The zero-order valence-electron chi connectivity index (χ0n) is 20.5. The first-order valence-corrected chi connectivity index (χ1v) is 12.9. The monoisotopic (exact) mass is 524 g/mol. The van der Waals surface area contributed by atoms with Gasteiger partial charge in [-0.25, -0.2) is 4.98 Å². The van der Waals surface area contributed by atoms with E-state index in [0.717, 1.165) is 41.3 Å². The topological polar surface area (TPSA) is 87.5 Å². The molecule has 8 heteroatoms. The zero-order chi connectivity index (χ0) is 26.1. The highest BCUT2D eigenvalue weighted by molar-refractivity contribution is 6.36. The second-order valence-corrected chi connectivity index (χ2v) is 9.82. The van der Waals surface area contributed by atoms with Gasteiger partial charge in [-0.3, -0.25) is 9.59 Å². The molecule has 2 aliphatic rings. The Balaban J connectivity index is 1.16. The van der Waals surface area contributed by atoms with Crippen molar-refractivity contribution in [1.29, 1.82) is 0 Å². The van der Waals surface area contributed by atoms with Crippen LogP contribution < -0.4 is 15.5 Å². The molecule has 0 spiro atoms. The van der Waals surface area contributed by atoms with Gasteiger partial charge in [0.15, 0.2) is 0 Å². The molecule has 2 N–H and O–H groups in total. The van der Waals surface area contributed by atoms with Gasteiger partial charge in [-0.2, -0.15) is 0 Å². The number of carbonyl (C=O) groups is 2. The normalized spacial score (nSPS) is 15.6. The molecule has 38 heavy (non-hydrogen) atoms. The van der Waals surface area contributed by atoms with Crippen LogP contribution in [0.5, 0.6) is 0 Å². The van der Waals surface area contributed by atoms with Crippen molar-refractivity contribution < 1.29 is 14.0 Å². The Kier molecular flexibility index (Phi) is 6.43. The SMILES string of the molecule is O=C1Nc2ccc(Cl)cc2C1=Cc1ccc(-c2cccc(C(=O)NCc3ccnc(N4CCCC4)c3)c2)o1. The Labute approximate surface area is 225 Å². The lowest BCUT2D eigenvalue weighted by Crippen LogP contribution is -2.23. The van der Waals surface area contributed by atoms with Gasteiger partial charge >= 0.3 is 0 Å². The Hall–Kier alpha value is -4.36. The summed E-state index contributed by atoms with van der Waals surface area (Å²) in [6.45, 7) is 2.46. The van der Waals surface area contributed by atoms with Gasteiger partial charge in [0.2, 0.25) is 0 Å². The van der Waals surface area contributed by atoms with Crippen molar-refractivity contribution in [3.63, 3.8) is 0 Å². The minimum absolute atomic E-state index is 0.170. The van der Waals surface area contributed by atoms with E-state index >= 15 is 0 Å². The minimum Gasteiger partial charge on any atom is -0.457 e. The fraction of sp³-hybridized carbons (Fsp3) is 0.167. The van der Waals surface area contributed by atoms with Crippen LogP contribution in [-0.4, -0.2) is 29.9 Å². The molecule has 4 heterocycles. The number of halogens is 1. The van der Waals surface area contributed by atoms with E-state index < -0.39 is 0 Å². The highest BCUT2D eigenvalue weighted by Gasteiger charge is 2.24. The standard InChI is InChI=1S/C30H25ClN4O3/c31-22-6-8-26-24(16-22)25(30(37)34-26)17-23-7-9-27(38-23)20-4-3-5-21(15-20)29(36)33-18-19-10-11-32-28(14-19)35-12-1-2-13-35/h3-11,14-17H,1-2,12-13,18H2,(H,33,36)(H,34,37). The molecule has 0 radical (unpaired) electrons. The van der Waals surface area contributed by atoms with Crippen LogP contribution in [0.25, 0.3) is 23.0 Å². The fourth-order valence-corrected chi connectivity index (χ4v) is 4.99. The van der Waals surface area contributed by atoms with E-state index in [1.165, 1.54) is 12.8 Å². The molecule has 2 amide bonds. The summed E-state index contributed by atoms with van der Waals surface area (Å²) in [6, 6.07) is 20.1. The van der Waals surface area contributed by atoms with E-state index in [-0.39, 0.29) is 11.8 Å². The number of nitrogens with one attached hydrogen (secondary N) is 2. The number of benzene rings is 2. The molecule has 7 nitrogen and oxygen atoms in total. The van der Waals surface area contributed by atoms with Crippen LogP contribution in [0.3, 0.4) is 0 Å². The van der Waals surface area contributed by atoms with E-state index in [1.54, 1.807) is 48.7 Å². The van der Waals surface area contributed by atoms with Gasteiger partial charge in [0.05, 0.1) is 5.57 Å². The number of hydrogen-bond acceptors (Lipinski definition) is 5. The van der Waals surface area contributed by atoms with Crippen molar-refractivity contribution in [1.82, 2.24) is 10.3 Å². The second-order valence-electron chi connectivity index (χ2n) is 9.38. The largest absolute Gasteiger partial charge is 0.457 e. The number of nitrogens with zero attached hydrogens (tertiary/aromatic N) is 2. The lowest BCUT2D eigenvalue weighted by molar-refractivity contribution is -0.110. The van der Waals surface area contributed by atoms with E-state index in [1.807, 2.05) is 30.3 Å². The average Bonchev–Trinajstić information content (AvgIpc) is 3.70. The maximum atomic E-state index is 12.9. The summed E-state index contributed by atoms with van der Waals surface area (Å²) in [7, 11) is 0. The Morgan fingerprint density at radius 3 is 2.82 bits per heavy atom. The van der Waals surface area contributed by atoms with Crippen molar-refractivity contribution in [2.75, 3.05) is 23.3 Å². The number of amides is 2. The molecule has 0 unspecified atom stereocenters. The second kappa shape index (κ2) is 10.2. The van der Waals surface area contributed by atoms with Crippen molar-refractivity contribution in [3.05, 3.63) is 100 Å². The van der Waals surface area contributed by atoms with Crippen molar-refractivity contribution >= 4 is 46.6 Å². The molecule has 0 bridgehead atoms. The van der Waals surface area contributed by atoms with Gasteiger partial charge in [0, 0.05) is 53.2 Å². The van der Waals surface area contributed by atoms with Crippen LogP contribution in [0.2, 0.25) is 5.02 Å². The Bertz CT molecular complexity index is 1570. The molecular formula is C30H25ClN4O3. The highest BCUT2D eigenvalue weighted by atomic mass is 35.5. The van der Waals surface area contributed by atoms with Crippen LogP contribution >= 0.6 is 11.6 Å². The molecule has 4 aromatic rings. The third-order valence-corrected chi connectivity index (χ3v) is 7.02. The molecule has 0 atom stereocenters. The zero-order valence-corrected chi connectivity index (χ0v) is 21.3. The van der Waals surface area contributed by atoms with Gasteiger partial charge in [-0.15, -0.1) is 0 Å². The quantitative estimate of drug-likeness (QED) is 0.301. The van der Waals surface area contributed by atoms with Crippen molar-refractivity contribution in [2.24, 2.45) is 0 Å². The van der Waals surface area contributed by atoms with Crippen LogP contribution in [-0.2, 0) is 11.3 Å². The van der Waals surface area contributed by atoms with E-state index in [9.17, 15) is 9.59 Å². The molecule has 2 aromatic heterocycles. The molecule has 2 aromatic carbocycles. The molecule has 6 rings (SSSR count). The highest BCUT2D eigenvalue weighted by Crippen LogP contribution is 2.35. The number of pyridine rings is 1. The third-order valence-electron chi connectivity index (χ3n) is 6.78. The van der Waals surface area contributed by atoms with Crippen LogP contribution in [0.15, 0.2) is 77.3 Å². The summed E-state index contributed by atoms with van der Waals surface area (Å²) in [5.74, 6) is 1.71. The molecule has 1 saturated heterocycles. The first-order valence-electron chi connectivity index (χ1n) is 12.5. The van der Waals surface area contributed by atoms with Crippen molar-refractivity contribution in [3.8, 4) is 11.3 Å². The maximum Gasteiger partial charge on any atom is 0.256 e. The van der Waals surface area contributed by atoms with Gasteiger partial charge in [0.25, 0.3) is 11.8 Å². The maximum absolute atomic E-state index is 12.9.